The average molecular weight is 279 g/mol. The monoisotopic (exact) mass is 279 g/mol. The third-order valence-electron chi connectivity index (χ3n) is 3.30. The predicted octanol–water partition coefficient (Wildman–Crippen LogP) is 2.72. The lowest BCUT2D eigenvalue weighted by Crippen LogP contribution is -2.37. The quantitative estimate of drug-likeness (QED) is 0.865. The molecule has 0 saturated carbocycles. The smallest absolute Gasteiger partial charge is 0.328 e. The van der Waals surface area contributed by atoms with Gasteiger partial charge in [0.05, 0.1) is 4.88 Å². The Bertz CT molecular complexity index is 499. The Morgan fingerprint density at radius 1 is 1.37 bits per heavy atom. The van der Waals surface area contributed by atoms with E-state index in [4.69, 9.17) is 5.11 Å². The summed E-state index contributed by atoms with van der Waals surface area (Å²) in [7, 11) is 0. The minimum Gasteiger partial charge on any atom is -0.478 e. The van der Waals surface area contributed by atoms with Gasteiger partial charge < -0.3 is 10.0 Å². The number of thiophene rings is 1. The number of hydrogen-bond acceptors (Lipinski definition) is 3. The van der Waals surface area contributed by atoms with Crippen molar-refractivity contribution < 1.29 is 14.7 Å². The molecule has 0 aromatic carbocycles. The van der Waals surface area contributed by atoms with E-state index in [1.807, 2.05) is 4.90 Å². The fourth-order valence-electron chi connectivity index (χ4n) is 2.08. The van der Waals surface area contributed by atoms with Gasteiger partial charge in [-0.15, -0.1) is 11.3 Å². The third-order valence-corrected chi connectivity index (χ3v) is 4.34. The van der Waals surface area contributed by atoms with Crippen LogP contribution in [0.5, 0.6) is 0 Å². The lowest BCUT2D eigenvalue weighted by Gasteiger charge is -2.29. The molecular weight excluding hydrogens is 262 g/mol. The SMILES string of the molecule is CC1CCN(C(=O)c2ccc(C=CC(=O)O)s2)CC1. The molecule has 1 aliphatic heterocycles. The maximum Gasteiger partial charge on any atom is 0.328 e. The molecule has 19 heavy (non-hydrogen) atoms. The van der Waals surface area contributed by atoms with E-state index >= 15 is 0 Å². The number of rotatable bonds is 3. The molecule has 1 N–H and O–H groups in total. The van der Waals surface area contributed by atoms with Crippen molar-refractivity contribution in [3.05, 3.63) is 28.0 Å². The van der Waals surface area contributed by atoms with E-state index in [2.05, 4.69) is 6.92 Å². The first-order valence-corrected chi connectivity index (χ1v) is 7.18. The van der Waals surface area contributed by atoms with Gasteiger partial charge in [0.15, 0.2) is 0 Å². The first-order chi connectivity index (χ1) is 9.06. The van der Waals surface area contributed by atoms with E-state index in [1.165, 1.54) is 17.4 Å². The zero-order valence-corrected chi connectivity index (χ0v) is 11.7. The zero-order valence-electron chi connectivity index (χ0n) is 10.8. The van der Waals surface area contributed by atoms with Crippen molar-refractivity contribution >= 4 is 29.3 Å². The van der Waals surface area contributed by atoms with Crippen LogP contribution in [-0.4, -0.2) is 35.0 Å². The summed E-state index contributed by atoms with van der Waals surface area (Å²) in [4.78, 5) is 26.0. The summed E-state index contributed by atoms with van der Waals surface area (Å²) < 4.78 is 0. The fraction of sp³-hybridized carbons (Fsp3) is 0.429. The predicted molar refractivity (Wildman–Crippen MR) is 75.3 cm³/mol. The first-order valence-electron chi connectivity index (χ1n) is 6.36. The number of piperidine rings is 1. The summed E-state index contributed by atoms with van der Waals surface area (Å²) in [5.41, 5.74) is 0. The van der Waals surface area contributed by atoms with Crippen LogP contribution in [0.2, 0.25) is 0 Å². The minimum absolute atomic E-state index is 0.0619. The molecule has 1 saturated heterocycles. The Labute approximate surface area is 116 Å². The first kappa shape index (κ1) is 13.8. The lowest BCUT2D eigenvalue weighted by molar-refractivity contribution is -0.131. The molecule has 0 unspecified atom stereocenters. The number of nitrogens with zero attached hydrogens (tertiary/aromatic N) is 1. The molecule has 0 aliphatic carbocycles. The molecule has 1 aromatic rings. The van der Waals surface area contributed by atoms with Crippen LogP contribution in [0.25, 0.3) is 6.08 Å². The fourth-order valence-corrected chi connectivity index (χ4v) is 2.96. The standard InChI is InChI=1S/C14H17NO3S/c1-10-6-8-15(9-7-10)14(18)12-4-2-11(19-12)3-5-13(16)17/h2-5,10H,6-9H2,1H3,(H,16,17). The van der Waals surface area contributed by atoms with E-state index < -0.39 is 5.97 Å². The Morgan fingerprint density at radius 2 is 2.05 bits per heavy atom. The summed E-state index contributed by atoms with van der Waals surface area (Å²) in [6, 6.07) is 3.55. The van der Waals surface area contributed by atoms with Crippen molar-refractivity contribution in [2.24, 2.45) is 5.92 Å². The van der Waals surface area contributed by atoms with Crippen molar-refractivity contribution in [1.82, 2.24) is 4.90 Å². The maximum atomic E-state index is 12.3. The average Bonchev–Trinajstić information content (AvgIpc) is 2.85. The number of carbonyl (C=O) groups is 2. The van der Waals surface area contributed by atoms with Gasteiger partial charge in [-0.25, -0.2) is 4.79 Å². The molecule has 0 spiro atoms. The maximum absolute atomic E-state index is 12.3. The van der Waals surface area contributed by atoms with Crippen LogP contribution in [0.3, 0.4) is 0 Å². The molecule has 2 rings (SSSR count). The van der Waals surface area contributed by atoms with Gasteiger partial charge in [-0.1, -0.05) is 6.92 Å². The van der Waals surface area contributed by atoms with Gasteiger partial charge in [-0.05, 0) is 37.0 Å². The van der Waals surface area contributed by atoms with Gasteiger partial charge in [0.1, 0.15) is 0 Å². The highest BCUT2D eigenvalue weighted by molar-refractivity contribution is 7.14. The molecule has 0 radical (unpaired) electrons. The molecule has 1 amide bonds. The Kier molecular flexibility index (Phi) is 4.37. The van der Waals surface area contributed by atoms with E-state index in [9.17, 15) is 9.59 Å². The highest BCUT2D eigenvalue weighted by Crippen LogP contribution is 2.23. The van der Waals surface area contributed by atoms with Crippen molar-refractivity contribution in [3.63, 3.8) is 0 Å². The van der Waals surface area contributed by atoms with Crippen molar-refractivity contribution in [3.8, 4) is 0 Å². The molecular formula is C14H17NO3S. The number of likely N-dealkylation sites (tertiary alicyclic amines) is 1. The molecule has 1 aromatic heterocycles. The van der Waals surface area contributed by atoms with Gasteiger partial charge in [0.25, 0.3) is 5.91 Å². The molecule has 0 bridgehead atoms. The van der Waals surface area contributed by atoms with E-state index in [0.29, 0.717) is 10.8 Å². The number of carboxylic acids is 1. The summed E-state index contributed by atoms with van der Waals surface area (Å²) in [6.07, 6.45) is 4.72. The Hall–Kier alpha value is -1.62. The van der Waals surface area contributed by atoms with E-state index in [1.54, 1.807) is 12.1 Å². The van der Waals surface area contributed by atoms with Gasteiger partial charge in [-0.3, -0.25) is 4.79 Å². The second-order valence-electron chi connectivity index (χ2n) is 4.85. The van der Waals surface area contributed by atoms with Crippen LogP contribution >= 0.6 is 11.3 Å². The molecule has 4 nitrogen and oxygen atoms in total. The van der Waals surface area contributed by atoms with E-state index in [-0.39, 0.29) is 5.91 Å². The number of carboxylic acid groups (broad SMARTS) is 1. The Balaban J connectivity index is 2.02. The number of hydrogen-bond donors (Lipinski definition) is 1. The highest BCUT2D eigenvalue weighted by atomic mass is 32.1. The number of amides is 1. The van der Waals surface area contributed by atoms with Gasteiger partial charge in [0.2, 0.25) is 0 Å². The highest BCUT2D eigenvalue weighted by Gasteiger charge is 2.22. The van der Waals surface area contributed by atoms with Gasteiger partial charge >= 0.3 is 5.97 Å². The Morgan fingerprint density at radius 3 is 2.68 bits per heavy atom. The van der Waals surface area contributed by atoms with Gasteiger partial charge in [0, 0.05) is 24.0 Å². The van der Waals surface area contributed by atoms with Crippen LogP contribution in [0.1, 0.15) is 34.3 Å². The van der Waals surface area contributed by atoms with Crippen LogP contribution in [-0.2, 0) is 4.79 Å². The molecule has 0 atom stereocenters. The summed E-state index contributed by atoms with van der Waals surface area (Å²) >= 11 is 1.34. The van der Waals surface area contributed by atoms with Crippen molar-refractivity contribution in [2.45, 2.75) is 19.8 Å². The molecule has 5 heteroatoms. The van der Waals surface area contributed by atoms with Crippen LogP contribution in [0.15, 0.2) is 18.2 Å². The zero-order chi connectivity index (χ0) is 13.8. The summed E-state index contributed by atoms with van der Waals surface area (Å²) in [6.45, 7) is 3.85. The molecule has 2 heterocycles. The van der Waals surface area contributed by atoms with Gasteiger partial charge in [-0.2, -0.15) is 0 Å². The van der Waals surface area contributed by atoms with E-state index in [0.717, 1.165) is 36.9 Å². The molecule has 1 aliphatic rings. The normalized spacial score (nSPS) is 17.0. The summed E-state index contributed by atoms with van der Waals surface area (Å²) in [5.74, 6) is -0.223. The summed E-state index contributed by atoms with van der Waals surface area (Å²) in [5, 5.41) is 8.56. The number of aliphatic carboxylic acids is 1. The minimum atomic E-state index is -0.980. The molecule has 102 valence electrons. The van der Waals surface area contributed by atoms with Crippen LogP contribution in [0, 0.1) is 5.92 Å². The third kappa shape index (κ3) is 3.67. The van der Waals surface area contributed by atoms with Crippen LogP contribution in [0.4, 0.5) is 0 Å². The second-order valence-corrected chi connectivity index (χ2v) is 5.96. The van der Waals surface area contributed by atoms with Crippen molar-refractivity contribution in [2.75, 3.05) is 13.1 Å². The van der Waals surface area contributed by atoms with Crippen LogP contribution < -0.4 is 0 Å². The second kappa shape index (κ2) is 6.02. The molecule has 1 fully saturated rings. The lowest BCUT2D eigenvalue weighted by atomic mass is 9.99. The topological polar surface area (TPSA) is 57.6 Å². The largest absolute Gasteiger partial charge is 0.478 e. The number of carbonyl (C=O) groups excluding carboxylic acids is 1. The van der Waals surface area contributed by atoms with Crippen molar-refractivity contribution in [1.29, 1.82) is 0 Å².